The van der Waals surface area contributed by atoms with E-state index >= 15 is 0 Å². The molecular formula is C15H21NO4S. The third kappa shape index (κ3) is 3.63. The van der Waals surface area contributed by atoms with E-state index in [2.05, 4.69) is 4.72 Å². The lowest BCUT2D eigenvalue weighted by Crippen LogP contribution is -2.44. The van der Waals surface area contributed by atoms with Crippen molar-refractivity contribution in [2.24, 2.45) is 5.92 Å². The molecule has 2 N–H and O–H groups in total. The van der Waals surface area contributed by atoms with Crippen molar-refractivity contribution in [3.05, 3.63) is 35.4 Å². The van der Waals surface area contributed by atoms with Crippen molar-refractivity contribution in [2.45, 2.75) is 24.9 Å². The van der Waals surface area contributed by atoms with E-state index in [0.29, 0.717) is 26.1 Å². The standard InChI is InChI=1S/C15H21NO4S/c17-15(7-13-3-1-2-4-14(13)8-15)11-16-21(18,19)10-12-5-6-20-9-12/h1-4,12,16-17H,5-11H2. The van der Waals surface area contributed by atoms with E-state index in [-0.39, 0.29) is 18.2 Å². The number of benzene rings is 1. The van der Waals surface area contributed by atoms with Crippen LogP contribution in [0.15, 0.2) is 24.3 Å². The molecule has 6 heteroatoms. The fourth-order valence-electron chi connectivity index (χ4n) is 3.13. The van der Waals surface area contributed by atoms with Crippen LogP contribution in [0.1, 0.15) is 17.5 Å². The average Bonchev–Trinajstić information content (AvgIpc) is 3.03. The zero-order valence-electron chi connectivity index (χ0n) is 11.9. The maximum atomic E-state index is 12.1. The fraction of sp³-hybridized carbons (Fsp3) is 0.600. The van der Waals surface area contributed by atoms with E-state index in [1.165, 1.54) is 0 Å². The Hall–Kier alpha value is -0.950. The van der Waals surface area contributed by atoms with Gasteiger partial charge in [0.2, 0.25) is 10.0 Å². The quantitative estimate of drug-likeness (QED) is 0.829. The summed E-state index contributed by atoms with van der Waals surface area (Å²) in [7, 11) is -3.37. The molecule has 1 aromatic rings. The summed E-state index contributed by atoms with van der Waals surface area (Å²) in [6.07, 6.45) is 1.78. The third-order valence-electron chi connectivity index (χ3n) is 4.26. The number of ether oxygens (including phenoxy) is 1. The highest BCUT2D eigenvalue weighted by Crippen LogP contribution is 2.29. The lowest BCUT2D eigenvalue weighted by molar-refractivity contribution is 0.0567. The van der Waals surface area contributed by atoms with Gasteiger partial charge in [0.25, 0.3) is 0 Å². The van der Waals surface area contributed by atoms with Crippen molar-refractivity contribution in [1.29, 1.82) is 0 Å². The van der Waals surface area contributed by atoms with Crippen LogP contribution in [0.5, 0.6) is 0 Å². The lowest BCUT2D eigenvalue weighted by Gasteiger charge is -2.23. The molecule has 116 valence electrons. The first-order valence-electron chi connectivity index (χ1n) is 7.30. The lowest BCUT2D eigenvalue weighted by atomic mass is 10.0. The maximum absolute atomic E-state index is 12.1. The van der Waals surface area contributed by atoms with E-state index in [9.17, 15) is 13.5 Å². The maximum Gasteiger partial charge on any atom is 0.212 e. The van der Waals surface area contributed by atoms with E-state index in [0.717, 1.165) is 17.5 Å². The van der Waals surface area contributed by atoms with Gasteiger partial charge < -0.3 is 9.84 Å². The van der Waals surface area contributed by atoms with Gasteiger partial charge in [-0.05, 0) is 23.5 Å². The highest BCUT2D eigenvalue weighted by Gasteiger charge is 2.36. The predicted molar refractivity (Wildman–Crippen MR) is 79.5 cm³/mol. The number of rotatable bonds is 5. The zero-order valence-corrected chi connectivity index (χ0v) is 12.7. The average molecular weight is 311 g/mol. The van der Waals surface area contributed by atoms with Crippen LogP contribution in [0.3, 0.4) is 0 Å². The molecule has 0 saturated carbocycles. The van der Waals surface area contributed by atoms with Crippen LogP contribution in [0.4, 0.5) is 0 Å². The monoisotopic (exact) mass is 311 g/mol. The van der Waals surface area contributed by atoms with Crippen LogP contribution in [0.25, 0.3) is 0 Å². The smallest absolute Gasteiger partial charge is 0.212 e. The zero-order chi connectivity index (χ0) is 14.9. The molecule has 0 aromatic heterocycles. The molecule has 0 amide bonds. The Labute approximate surface area is 125 Å². The molecule has 0 radical (unpaired) electrons. The summed E-state index contributed by atoms with van der Waals surface area (Å²) in [4.78, 5) is 0. The van der Waals surface area contributed by atoms with E-state index in [1.807, 2.05) is 24.3 Å². The Bertz CT molecular complexity index is 583. The second-order valence-corrected chi connectivity index (χ2v) is 8.03. The minimum absolute atomic E-state index is 0.0671. The second kappa shape index (κ2) is 5.68. The van der Waals surface area contributed by atoms with Gasteiger partial charge in [-0.2, -0.15) is 0 Å². The van der Waals surface area contributed by atoms with E-state index in [1.54, 1.807) is 0 Å². The first-order chi connectivity index (χ1) is 9.96. The number of nitrogens with one attached hydrogen (secondary N) is 1. The van der Waals surface area contributed by atoms with Crippen molar-refractivity contribution >= 4 is 10.0 Å². The first-order valence-corrected chi connectivity index (χ1v) is 8.95. The summed E-state index contributed by atoms with van der Waals surface area (Å²) < 4.78 is 31.9. The molecule has 0 bridgehead atoms. The molecule has 1 fully saturated rings. The van der Waals surface area contributed by atoms with Gasteiger partial charge in [-0.25, -0.2) is 13.1 Å². The topological polar surface area (TPSA) is 75.6 Å². The largest absolute Gasteiger partial charge is 0.388 e. The summed E-state index contributed by atoms with van der Waals surface area (Å²) in [5.74, 6) is 0.147. The number of hydrogen-bond acceptors (Lipinski definition) is 4. The van der Waals surface area contributed by atoms with Crippen molar-refractivity contribution in [3.63, 3.8) is 0 Å². The SMILES string of the molecule is O=S(=O)(CC1CCOC1)NCC1(O)Cc2ccccc2C1. The van der Waals surface area contributed by atoms with Crippen molar-refractivity contribution in [1.82, 2.24) is 4.72 Å². The molecule has 1 atom stereocenters. The van der Waals surface area contributed by atoms with Crippen LogP contribution >= 0.6 is 0 Å². The van der Waals surface area contributed by atoms with Crippen LogP contribution in [0.2, 0.25) is 0 Å². The number of sulfonamides is 1. The molecule has 1 aliphatic heterocycles. The summed E-state index contributed by atoms with van der Waals surface area (Å²) in [5, 5.41) is 10.6. The Balaban J connectivity index is 1.57. The third-order valence-corrected chi connectivity index (χ3v) is 5.75. The minimum atomic E-state index is -3.37. The molecule has 5 nitrogen and oxygen atoms in total. The van der Waals surface area contributed by atoms with Gasteiger partial charge in [0.1, 0.15) is 0 Å². The molecule has 1 unspecified atom stereocenters. The predicted octanol–water partition coefficient (Wildman–Crippen LogP) is 0.472. The number of aliphatic hydroxyl groups is 1. The van der Waals surface area contributed by atoms with Crippen molar-refractivity contribution < 1.29 is 18.3 Å². The van der Waals surface area contributed by atoms with Crippen LogP contribution < -0.4 is 4.72 Å². The molecule has 2 aliphatic rings. The summed E-state index contributed by atoms with van der Waals surface area (Å²) >= 11 is 0. The minimum Gasteiger partial charge on any atom is -0.388 e. The van der Waals surface area contributed by atoms with Gasteiger partial charge >= 0.3 is 0 Å². The fourth-order valence-corrected chi connectivity index (χ4v) is 4.62. The number of hydrogen-bond donors (Lipinski definition) is 2. The second-order valence-electron chi connectivity index (χ2n) is 6.18. The Kier molecular flexibility index (Phi) is 4.05. The summed E-state index contributed by atoms with van der Waals surface area (Å²) in [6.45, 7) is 1.22. The first kappa shape index (κ1) is 15.0. The molecule has 0 spiro atoms. The van der Waals surface area contributed by atoms with Gasteiger partial charge in [0, 0.05) is 26.0 Å². The molecular weight excluding hydrogens is 290 g/mol. The van der Waals surface area contributed by atoms with Gasteiger partial charge in [-0.1, -0.05) is 24.3 Å². The summed E-state index contributed by atoms with van der Waals surface area (Å²) in [6, 6.07) is 7.85. The van der Waals surface area contributed by atoms with Crippen molar-refractivity contribution in [3.8, 4) is 0 Å². The molecule has 1 aliphatic carbocycles. The van der Waals surface area contributed by atoms with Gasteiger partial charge in [0.05, 0.1) is 18.0 Å². The number of fused-ring (bicyclic) bond motifs is 1. The van der Waals surface area contributed by atoms with Crippen LogP contribution in [0, 0.1) is 5.92 Å². The summed E-state index contributed by atoms with van der Waals surface area (Å²) in [5.41, 5.74) is 1.19. The van der Waals surface area contributed by atoms with E-state index in [4.69, 9.17) is 4.74 Å². The van der Waals surface area contributed by atoms with Gasteiger partial charge in [-0.15, -0.1) is 0 Å². The Morgan fingerprint density at radius 1 is 1.29 bits per heavy atom. The molecule has 3 rings (SSSR count). The van der Waals surface area contributed by atoms with E-state index < -0.39 is 15.6 Å². The van der Waals surface area contributed by atoms with Crippen LogP contribution in [-0.2, 0) is 27.6 Å². The Morgan fingerprint density at radius 3 is 2.52 bits per heavy atom. The molecule has 1 aromatic carbocycles. The van der Waals surface area contributed by atoms with Gasteiger partial charge in [-0.3, -0.25) is 0 Å². The molecule has 1 heterocycles. The molecule has 1 saturated heterocycles. The normalized spacial score (nSPS) is 24.1. The highest BCUT2D eigenvalue weighted by molar-refractivity contribution is 7.89. The van der Waals surface area contributed by atoms with Crippen molar-refractivity contribution in [2.75, 3.05) is 25.5 Å². The Morgan fingerprint density at radius 2 is 1.95 bits per heavy atom. The van der Waals surface area contributed by atoms with Gasteiger partial charge in [0.15, 0.2) is 0 Å². The van der Waals surface area contributed by atoms with Crippen LogP contribution in [-0.4, -0.2) is 44.6 Å². The highest BCUT2D eigenvalue weighted by atomic mass is 32.2. The molecule has 21 heavy (non-hydrogen) atoms.